The van der Waals surface area contributed by atoms with Crippen LogP contribution in [0.5, 0.6) is 5.75 Å². The van der Waals surface area contributed by atoms with Gasteiger partial charge in [-0.05, 0) is 44.9 Å². The highest BCUT2D eigenvalue weighted by Gasteiger charge is 2.43. The predicted octanol–water partition coefficient (Wildman–Crippen LogP) is 4.78. The average Bonchev–Trinajstić information content (AvgIpc) is 2.14. The van der Waals surface area contributed by atoms with Gasteiger partial charge in [-0.15, -0.1) is 0 Å². The smallest absolute Gasteiger partial charge is 0.115 e. The number of rotatable bonds is 1. The largest absolute Gasteiger partial charge is 0.508 e. The lowest BCUT2D eigenvalue weighted by atomic mass is 10.2. The van der Waals surface area contributed by atoms with Crippen molar-refractivity contribution in [2.45, 2.75) is 55.9 Å². The van der Waals surface area contributed by atoms with Gasteiger partial charge in [0.2, 0.25) is 0 Å². The Labute approximate surface area is 108 Å². The number of aromatic hydroxyl groups is 1. The molecule has 0 saturated carbocycles. The van der Waals surface area contributed by atoms with Crippen LogP contribution in [-0.4, -0.2) is 20.9 Å². The standard InChI is InChI=1S/C15H26OS/c1-14(2,3)17(7,15(4,5)6)13-10-8-12(16)9-11-13/h8-11,16H,1-7H3. The van der Waals surface area contributed by atoms with Crippen LogP contribution in [0.2, 0.25) is 0 Å². The molecule has 0 aromatic heterocycles. The molecule has 0 spiro atoms. The highest BCUT2D eigenvalue weighted by Crippen LogP contribution is 2.70. The van der Waals surface area contributed by atoms with Gasteiger partial charge in [-0.1, -0.05) is 41.5 Å². The molecule has 2 heteroatoms. The van der Waals surface area contributed by atoms with Crippen LogP contribution in [0.4, 0.5) is 0 Å². The Hall–Kier alpha value is -0.630. The highest BCUT2D eigenvalue weighted by atomic mass is 32.3. The van der Waals surface area contributed by atoms with Crippen LogP contribution in [0.3, 0.4) is 0 Å². The van der Waals surface area contributed by atoms with Crippen molar-refractivity contribution < 1.29 is 5.11 Å². The lowest BCUT2D eigenvalue weighted by molar-refractivity contribution is 0.475. The van der Waals surface area contributed by atoms with Gasteiger partial charge in [0.25, 0.3) is 0 Å². The van der Waals surface area contributed by atoms with Gasteiger partial charge in [0.15, 0.2) is 0 Å². The zero-order chi connectivity index (χ0) is 13.5. The molecule has 1 N–H and O–H groups in total. The first-order valence-electron chi connectivity index (χ1n) is 6.07. The summed E-state index contributed by atoms with van der Waals surface area (Å²) in [4.78, 5) is 1.37. The maximum Gasteiger partial charge on any atom is 0.115 e. The molecule has 0 heterocycles. The number of hydrogen-bond acceptors (Lipinski definition) is 1. The molecule has 0 saturated heterocycles. The van der Waals surface area contributed by atoms with Gasteiger partial charge >= 0.3 is 0 Å². The van der Waals surface area contributed by atoms with Crippen LogP contribution >= 0.6 is 10.0 Å². The van der Waals surface area contributed by atoms with Gasteiger partial charge in [0.05, 0.1) is 0 Å². The van der Waals surface area contributed by atoms with Crippen LogP contribution in [0.1, 0.15) is 41.5 Å². The van der Waals surface area contributed by atoms with Crippen LogP contribution in [0, 0.1) is 0 Å². The van der Waals surface area contributed by atoms with E-state index < -0.39 is 10.0 Å². The van der Waals surface area contributed by atoms with Crippen molar-refractivity contribution in [2.24, 2.45) is 0 Å². The van der Waals surface area contributed by atoms with Crippen molar-refractivity contribution in [3.8, 4) is 5.75 Å². The molecular weight excluding hydrogens is 228 g/mol. The third-order valence-corrected chi connectivity index (χ3v) is 9.87. The van der Waals surface area contributed by atoms with E-state index in [1.807, 2.05) is 0 Å². The molecule has 0 fully saturated rings. The molecule has 17 heavy (non-hydrogen) atoms. The summed E-state index contributed by atoms with van der Waals surface area (Å²) in [5.74, 6) is 0.346. The van der Waals surface area contributed by atoms with Crippen LogP contribution in [0.15, 0.2) is 29.2 Å². The van der Waals surface area contributed by atoms with Gasteiger partial charge in [-0.2, -0.15) is 0 Å². The number of benzene rings is 1. The highest BCUT2D eigenvalue weighted by molar-refractivity contribution is 8.35. The Morgan fingerprint density at radius 1 is 0.824 bits per heavy atom. The molecule has 0 aliphatic carbocycles. The van der Waals surface area contributed by atoms with E-state index in [2.05, 4.69) is 59.9 Å². The molecule has 0 amide bonds. The van der Waals surface area contributed by atoms with Gasteiger partial charge in [-0.25, -0.2) is 10.0 Å². The summed E-state index contributed by atoms with van der Waals surface area (Å²) in [6, 6.07) is 7.78. The Kier molecular flexibility index (Phi) is 3.60. The van der Waals surface area contributed by atoms with Crippen molar-refractivity contribution >= 4 is 10.0 Å². The summed E-state index contributed by atoms with van der Waals surface area (Å²) >= 11 is 0. The maximum atomic E-state index is 9.44. The van der Waals surface area contributed by atoms with E-state index in [1.165, 1.54) is 4.90 Å². The lowest BCUT2D eigenvalue weighted by Crippen LogP contribution is -2.37. The summed E-state index contributed by atoms with van der Waals surface area (Å²) < 4.78 is 0.477. The molecule has 0 unspecified atom stereocenters. The maximum absolute atomic E-state index is 9.44. The van der Waals surface area contributed by atoms with E-state index in [4.69, 9.17) is 0 Å². The molecule has 1 aromatic rings. The first-order valence-corrected chi connectivity index (χ1v) is 8.11. The van der Waals surface area contributed by atoms with E-state index in [-0.39, 0.29) is 9.49 Å². The van der Waals surface area contributed by atoms with Crippen molar-refractivity contribution in [1.29, 1.82) is 0 Å². The lowest BCUT2D eigenvalue weighted by Gasteiger charge is -2.57. The van der Waals surface area contributed by atoms with Crippen molar-refractivity contribution in [3.63, 3.8) is 0 Å². The van der Waals surface area contributed by atoms with E-state index >= 15 is 0 Å². The molecule has 0 atom stereocenters. The second kappa shape index (κ2) is 4.24. The van der Waals surface area contributed by atoms with E-state index in [9.17, 15) is 5.11 Å². The zero-order valence-electron chi connectivity index (χ0n) is 12.2. The fraction of sp³-hybridized carbons (Fsp3) is 0.600. The first-order chi connectivity index (χ1) is 7.50. The van der Waals surface area contributed by atoms with Gasteiger partial charge in [0.1, 0.15) is 5.75 Å². The molecule has 0 radical (unpaired) electrons. The minimum absolute atomic E-state index is 0.238. The third kappa shape index (κ3) is 2.47. The molecular formula is C15H26OS. The van der Waals surface area contributed by atoms with Gasteiger partial charge in [0, 0.05) is 0 Å². The SMILES string of the molecule is CC(C)(C)S(C)(c1ccc(O)cc1)C(C)(C)C. The Bertz CT molecular complexity index is 365. The van der Waals surface area contributed by atoms with Crippen LogP contribution in [0.25, 0.3) is 0 Å². The molecule has 0 bridgehead atoms. The normalized spacial score (nSPS) is 14.8. The molecule has 98 valence electrons. The zero-order valence-corrected chi connectivity index (χ0v) is 13.0. The monoisotopic (exact) mass is 254 g/mol. The molecule has 1 nitrogen and oxygen atoms in total. The number of phenolic OH excluding ortho intramolecular Hbond substituents is 1. The van der Waals surface area contributed by atoms with E-state index in [0.717, 1.165) is 0 Å². The molecule has 1 rings (SSSR count). The predicted molar refractivity (Wildman–Crippen MR) is 79.4 cm³/mol. The Morgan fingerprint density at radius 2 is 1.18 bits per heavy atom. The van der Waals surface area contributed by atoms with E-state index in [1.54, 1.807) is 12.1 Å². The van der Waals surface area contributed by atoms with Crippen molar-refractivity contribution in [2.75, 3.05) is 6.26 Å². The Balaban J connectivity index is 3.41. The van der Waals surface area contributed by atoms with Gasteiger partial charge < -0.3 is 5.11 Å². The first kappa shape index (κ1) is 14.4. The Morgan fingerprint density at radius 3 is 1.47 bits per heavy atom. The summed E-state index contributed by atoms with van der Waals surface area (Å²) in [6.45, 7) is 13.9. The van der Waals surface area contributed by atoms with Crippen molar-refractivity contribution in [3.05, 3.63) is 24.3 Å². The van der Waals surface area contributed by atoms with Crippen molar-refractivity contribution in [1.82, 2.24) is 0 Å². The summed E-state index contributed by atoms with van der Waals surface area (Å²) in [5.41, 5.74) is 0. The van der Waals surface area contributed by atoms with E-state index in [0.29, 0.717) is 5.75 Å². The topological polar surface area (TPSA) is 20.2 Å². The summed E-state index contributed by atoms with van der Waals surface area (Å²) in [7, 11) is -0.978. The number of phenols is 1. The third-order valence-electron chi connectivity index (χ3n) is 3.76. The molecule has 1 aromatic carbocycles. The minimum Gasteiger partial charge on any atom is -0.508 e. The molecule has 0 aliphatic heterocycles. The van der Waals surface area contributed by atoms with Crippen LogP contribution in [-0.2, 0) is 0 Å². The van der Waals surface area contributed by atoms with Gasteiger partial charge in [-0.3, -0.25) is 0 Å². The second-order valence-corrected chi connectivity index (χ2v) is 11.4. The number of hydrogen-bond donors (Lipinski definition) is 1. The summed E-state index contributed by atoms with van der Waals surface area (Å²) in [5, 5.41) is 9.44. The fourth-order valence-electron chi connectivity index (χ4n) is 2.34. The van der Waals surface area contributed by atoms with Crippen LogP contribution < -0.4 is 0 Å². The second-order valence-electron chi connectivity index (χ2n) is 6.64. The summed E-state index contributed by atoms with van der Waals surface area (Å²) in [6.07, 6.45) is 2.40. The molecule has 0 aliphatic rings. The fourth-order valence-corrected chi connectivity index (χ4v) is 6.28. The quantitative estimate of drug-likeness (QED) is 0.764. The minimum atomic E-state index is -0.978. The average molecular weight is 254 g/mol.